The third-order valence-corrected chi connectivity index (χ3v) is 6.85. The number of aromatic nitrogens is 1. The number of ether oxygens (including phenoxy) is 1. The van der Waals surface area contributed by atoms with Gasteiger partial charge in [0.1, 0.15) is 5.71 Å². The highest BCUT2D eigenvalue weighted by atomic mass is 16.5. The van der Waals surface area contributed by atoms with E-state index in [-0.39, 0.29) is 11.5 Å². The van der Waals surface area contributed by atoms with E-state index in [2.05, 4.69) is 76.0 Å². The van der Waals surface area contributed by atoms with Gasteiger partial charge in [-0.3, -0.25) is 14.9 Å². The van der Waals surface area contributed by atoms with Gasteiger partial charge >= 0.3 is 0 Å². The Morgan fingerprint density at radius 2 is 2.03 bits per heavy atom. The number of benzene rings is 1. The molecule has 7 heteroatoms. The van der Waals surface area contributed by atoms with Gasteiger partial charge in [0.05, 0.1) is 24.9 Å². The number of rotatable bonds is 7. The highest BCUT2D eigenvalue weighted by Gasteiger charge is 2.27. The van der Waals surface area contributed by atoms with Crippen LogP contribution >= 0.6 is 0 Å². The smallest absolute Gasteiger partial charge is 0.108 e. The number of hydrogen-bond donors (Lipinski definition) is 1. The minimum Gasteiger partial charge on any atom is -0.376 e. The van der Waals surface area contributed by atoms with E-state index in [1.165, 1.54) is 12.1 Å². The molecule has 0 amide bonds. The molecule has 1 unspecified atom stereocenters. The second kappa shape index (κ2) is 11.1. The second-order valence-electron chi connectivity index (χ2n) is 10.2. The van der Waals surface area contributed by atoms with E-state index < -0.39 is 0 Å². The van der Waals surface area contributed by atoms with Crippen LogP contribution in [0.15, 0.2) is 52.7 Å². The maximum absolute atomic E-state index is 5.96. The fraction of sp³-hybridized carbons (Fsp3) is 0.519. The molecule has 182 valence electrons. The van der Waals surface area contributed by atoms with Crippen molar-refractivity contribution in [2.75, 3.05) is 44.2 Å². The normalized spacial score (nSPS) is 21.8. The summed E-state index contributed by atoms with van der Waals surface area (Å²) in [5, 5.41) is 4.02. The van der Waals surface area contributed by atoms with Crippen LogP contribution in [0, 0.1) is 12.3 Å². The Morgan fingerprint density at radius 1 is 1.21 bits per heavy atom. The minimum atomic E-state index is 0.183. The van der Waals surface area contributed by atoms with Gasteiger partial charge in [-0.1, -0.05) is 26.0 Å². The van der Waals surface area contributed by atoms with Gasteiger partial charge in [0, 0.05) is 56.4 Å². The van der Waals surface area contributed by atoms with Crippen molar-refractivity contribution < 1.29 is 4.74 Å². The van der Waals surface area contributed by atoms with Gasteiger partial charge in [-0.15, -0.1) is 0 Å². The van der Waals surface area contributed by atoms with E-state index in [9.17, 15) is 0 Å². The molecule has 7 nitrogen and oxygen atoms in total. The minimum absolute atomic E-state index is 0.183. The van der Waals surface area contributed by atoms with Crippen molar-refractivity contribution in [1.29, 1.82) is 0 Å². The van der Waals surface area contributed by atoms with Crippen LogP contribution in [-0.4, -0.2) is 67.2 Å². The van der Waals surface area contributed by atoms with Crippen molar-refractivity contribution in [2.24, 2.45) is 21.4 Å². The van der Waals surface area contributed by atoms with Gasteiger partial charge in [0.15, 0.2) is 0 Å². The Labute approximate surface area is 203 Å². The van der Waals surface area contributed by atoms with E-state index >= 15 is 0 Å². The molecule has 3 heterocycles. The molecule has 2 saturated heterocycles. The summed E-state index contributed by atoms with van der Waals surface area (Å²) >= 11 is 0. The predicted octanol–water partition coefficient (Wildman–Crippen LogP) is 3.65. The highest BCUT2D eigenvalue weighted by Crippen LogP contribution is 2.29. The van der Waals surface area contributed by atoms with Gasteiger partial charge < -0.3 is 15.5 Å². The molecule has 0 bridgehead atoms. The lowest BCUT2D eigenvalue weighted by Gasteiger charge is -2.36. The van der Waals surface area contributed by atoms with Gasteiger partial charge in [-0.2, -0.15) is 5.10 Å². The van der Waals surface area contributed by atoms with E-state index in [0.717, 1.165) is 62.6 Å². The zero-order valence-electron chi connectivity index (χ0n) is 20.8. The molecule has 0 radical (unpaired) electrons. The van der Waals surface area contributed by atoms with Crippen molar-refractivity contribution >= 4 is 17.6 Å². The van der Waals surface area contributed by atoms with Crippen molar-refractivity contribution in [1.82, 2.24) is 9.88 Å². The SMILES string of the molecule is Cc1cc(N2CCN(Cc3ccccn3)CC2)ccc1/C(C=NCC1CCC(C)(C)CO1)=N/N. The third kappa shape index (κ3) is 6.42. The lowest BCUT2D eigenvalue weighted by atomic mass is 9.85. The molecule has 2 aliphatic rings. The molecular weight excluding hydrogens is 424 g/mol. The highest BCUT2D eigenvalue weighted by molar-refractivity contribution is 6.38. The maximum Gasteiger partial charge on any atom is 0.108 e. The van der Waals surface area contributed by atoms with Crippen LogP contribution in [0.1, 0.15) is 43.5 Å². The summed E-state index contributed by atoms with van der Waals surface area (Å²) in [5.74, 6) is 5.73. The van der Waals surface area contributed by atoms with E-state index in [4.69, 9.17) is 10.6 Å². The largest absolute Gasteiger partial charge is 0.376 e. The fourth-order valence-corrected chi connectivity index (χ4v) is 4.64. The summed E-state index contributed by atoms with van der Waals surface area (Å²) in [4.78, 5) is 14.0. The van der Waals surface area contributed by atoms with Crippen molar-refractivity contribution in [2.45, 2.75) is 46.3 Å². The number of anilines is 1. The van der Waals surface area contributed by atoms with Crippen LogP contribution < -0.4 is 10.7 Å². The Hall–Kier alpha value is -2.77. The number of aryl methyl sites for hydroxylation is 1. The molecule has 0 aliphatic carbocycles. The molecule has 2 aromatic rings. The quantitative estimate of drug-likeness (QED) is 0.386. The number of hydrazone groups is 1. The molecule has 0 saturated carbocycles. The van der Waals surface area contributed by atoms with E-state index in [0.29, 0.717) is 12.3 Å². The number of nitrogens with two attached hydrogens (primary N) is 1. The molecular formula is C27H38N6O. The van der Waals surface area contributed by atoms with Crippen LogP contribution in [0.4, 0.5) is 5.69 Å². The number of hydrogen-bond acceptors (Lipinski definition) is 7. The Morgan fingerprint density at radius 3 is 2.68 bits per heavy atom. The van der Waals surface area contributed by atoms with Crippen LogP contribution in [0.25, 0.3) is 0 Å². The molecule has 2 N–H and O–H groups in total. The topological polar surface area (TPSA) is 79.3 Å². The molecule has 1 aromatic heterocycles. The zero-order chi connectivity index (χ0) is 24.0. The monoisotopic (exact) mass is 462 g/mol. The lowest BCUT2D eigenvalue weighted by molar-refractivity contribution is -0.0427. The summed E-state index contributed by atoms with van der Waals surface area (Å²) in [6.45, 7) is 13.0. The summed E-state index contributed by atoms with van der Waals surface area (Å²) in [5.41, 5.74) is 5.53. The van der Waals surface area contributed by atoms with E-state index in [1.807, 2.05) is 12.3 Å². The van der Waals surface area contributed by atoms with Gasteiger partial charge in [-0.25, -0.2) is 0 Å². The van der Waals surface area contributed by atoms with Crippen molar-refractivity contribution in [3.05, 3.63) is 59.4 Å². The zero-order valence-corrected chi connectivity index (χ0v) is 20.8. The number of pyridine rings is 1. The third-order valence-electron chi connectivity index (χ3n) is 6.85. The Balaban J connectivity index is 1.31. The van der Waals surface area contributed by atoms with Crippen LogP contribution in [0.3, 0.4) is 0 Å². The van der Waals surface area contributed by atoms with Gasteiger partial charge in [0.25, 0.3) is 0 Å². The molecule has 2 aliphatic heterocycles. The molecule has 1 atom stereocenters. The van der Waals surface area contributed by atoms with Crippen LogP contribution in [0.5, 0.6) is 0 Å². The Kier molecular flexibility index (Phi) is 7.95. The number of aliphatic imine (C=N–C) groups is 1. The average Bonchev–Trinajstić information content (AvgIpc) is 2.84. The summed E-state index contributed by atoms with van der Waals surface area (Å²) < 4.78 is 5.96. The number of nitrogens with zero attached hydrogens (tertiary/aromatic N) is 5. The first-order valence-corrected chi connectivity index (χ1v) is 12.3. The molecule has 4 rings (SSSR count). The van der Waals surface area contributed by atoms with Crippen LogP contribution in [0.2, 0.25) is 0 Å². The summed E-state index contributed by atoms with van der Waals surface area (Å²) in [7, 11) is 0. The van der Waals surface area contributed by atoms with Crippen LogP contribution in [-0.2, 0) is 11.3 Å². The van der Waals surface area contributed by atoms with Crippen molar-refractivity contribution in [3.63, 3.8) is 0 Å². The molecule has 34 heavy (non-hydrogen) atoms. The average molecular weight is 463 g/mol. The second-order valence-corrected chi connectivity index (χ2v) is 10.2. The molecule has 1 aromatic carbocycles. The first-order chi connectivity index (χ1) is 16.4. The fourth-order valence-electron chi connectivity index (χ4n) is 4.64. The maximum atomic E-state index is 5.96. The summed E-state index contributed by atoms with van der Waals surface area (Å²) in [6, 6.07) is 12.6. The molecule has 2 fully saturated rings. The first kappa shape index (κ1) is 24.4. The summed E-state index contributed by atoms with van der Waals surface area (Å²) in [6.07, 6.45) is 6.06. The standard InChI is InChI=1S/C27H38N6O/c1-21-16-23(33-14-12-32(13-15-33)19-22-6-4-5-11-30-22)7-8-25(21)26(31-28)18-29-17-24-9-10-27(2,3)20-34-24/h4-8,11,16,18,24H,9-10,12-15,17,19-20,28H2,1-3H3/b29-18?,31-26+. The van der Waals surface area contributed by atoms with Gasteiger partial charge in [-0.05, 0) is 55.0 Å². The van der Waals surface area contributed by atoms with Gasteiger partial charge in [0.2, 0.25) is 0 Å². The lowest BCUT2D eigenvalue weighted by Crippen LogP contribution is -2.46. The first-order valence-electron chi connectivity index (χ1n) is 12.3. The molecule has 0 spiro atoms. The van der Waals surface area contributed by atoms with E-state index in [1.54, 1.807) is 6.21 Å². The predicted molar refractivity (Wildman–Crippen MR) is 140 cm³/mol. The van der Waals surface area contributed by atoms with Crippen molar-refractivity contribution in [3.8, 4) is 0 Å². The number of piperazine rings is 1. The Bertz CT molecular complexity index is 985.